The van der Waals surface area contributed by atoms with Crippen LogP contribution in [0.2, 0.25) is 5.02 Å². The number of fused-ring (bicyclic) bond motifs is 1. The van der Waals surface area contributed by atoms with Gasteiger partial charge in [0.2, 0.25) is 5.96 Å². The van der Waals surface area contributed by atoms with E-state index in [4.69, 9.17) is 16.3 Å². The highest BCUT2D eigenvalue weighted by Crippen LogP contribution is 2.43. The van der Waals surface area contributed by atoms with E-state index < -0.39 is 0 Å². The zero-order valence-corrected chi connectivity index (χ0v) is 18.1. The van der Waals surface area contributed by atoms with E-state index in [1.807, 2.05) is 56.3 Å². The summed E-state index contributed by atoms with van der Waals surface area (Å²) in [7, 11) is -0.383. The number of nitrogens with one attached hydrogen (secondary N) is 2. The van der Waals surface area contributed by atoms with Crippen molar-refractivity contribution in [1.82, 2.24) is 4.72 Å². The van der Waals surface area contributed by atoms with Crippen LogP contribution in [0.3, 0.4) is 0 Å². The van der Waals surface area contributed by atoms with Gasteiger partial charge in [-0.15, -0.1) is 0 Å². The summed E-state index contributed by atoms with van der Waals surface area (Å²) in [4.78, 5) is 5.74. The van der Waals surface area contributed by atoms with E-state index in [0.717, 1.165) is 10.6 Å². The standard InChI is InChI=1S/C23H21ClFN3OS/c1-3-30-21-14-8-13-20(29-19-12-7-5-10-17(19)24)22(21)27-23(28-30)26-15(2)16-9-4-6-11-18(16)25/h3-15H,1-2H3,(H2,26,27,28)/t15-,30?/m1/s1. The Morgan fingerprint density at radius 2 is 1.77 bits per heavy atom. The second-order valence-electron chi connectivity index (χ2n) is 6.64. The molecule has 1 aliphatic rings. The Kier molecular flexibility index (Phi) is 6.06. The first-order valence-corrected chi connectivity index (χ1v) is 11.2. The highest BCUT2D eigenvalue weighted by molar-refractivity contribution is 8.14. The van der Waals surface area contributed by atoms with Gasteiger partial charge in [-0.1, -0.05) is 58.7 Å². The molecule has 0 bridgehead atoms. The van der Waals surface area contributed by atoms with Crippen molar-refractivity contribution in [2.45, 2.75) is 24.8 Å². The van der Waals surface area contributed by atoms with Crippen molar-refractivity contribution in [3.63, 3.8) is 0 Å². The Labute approximate surface area is 182 Å². The second-order valence-corrected chi connectivity index (χ2v) is 8.84. The molecular weight excluding hydrogens is 421 g/mol. The van der Waals surface area contributed by atoms with Crippen molar-refractivity contribution in [2.75, 3.05) is 5.32 Å². The topological polar surface area (TPSA) is 45.7 Å². The smallest absolute Gasteiger partial charge is 0.206 e. The minimum absolute atomic E-state index is 0.269. The van der Waals surface area contributed by atoms with Crippen LogP contribution in [0, 0.1) is 5.82 Å². The number of aliphatic imine (C=N–C) groups is 1. The number of halogens is 2. The number of rotatable bonds is 4. The Bertz CT molecular complexity index is 1150. The van der Waals surface area contributed by atoms with E-state index >= 15 is 0 Å². The predicted octanol–water partition coefficient (Wildman–Crippen LogP) is 6.77. The van der Waals surface area contributed by atoms with E-state index in [1.165, 1.54) is 6.07 Å². The van der Waals surface area contributed by atoms with Gasteiger partial charge in [-0.05, 0) is 49.5 Å². The molecule has 2 N–H and O–H groups in total. The number of nitrogens with zero attached hydrogens (tertiary/aromatic N) is 1. The summed E-state index contributed by atoms with van der Waals surface area (Å²) in [6.07, 6.45) is 0. The van der Waals surface area contributed by atoms with E-state index in [0.29, 0.717) is 28.0 Å². The number of benzene rings is 3. The molecule has 0 spiro atoms. The molecule has 0 saturated carbocycles. The number of para-hydroxylation sites is 2. The van der Waals surface area contributed by atoms with E-state index in [9.17, 15) is 4.39 Å². The molecule has 4 rings (SSSR count). The third-order valence-corrected chi connectivity index (χ3v) is 6.66. The minimum atomic E-state index is -0.383. The van der Waals surface area contributed by atoms with Crippen LogP contribution in [-0.4, -0.2) is 11.3 Å². The van der Waals surface area contributed by atoms with Gasteiger partial charge in [0.1, 0.15) is 11.6 Å². The summed E-state index contributed by atoms with van der Waals surface area (Å²) in [5.41, 5.74) is 1.36. The van der Waals surface area contributed by atoms with Crippen LogP contribution in [0.5, 0.6) is 11.5 Å². The van der Waals surface area contributed by atoms with Gasteiger partial charge in [0.05, 0.1) is 16.8 Å². The fourth-order valence-corrected chi connectivity index (χ4v) is 4.74. The quantitative estimate of drug-likeness (QED) is 0.439. The van der Waals surface area contributed by atoms with Gasteiger partial charge in [-0.2, -0.15) is 0 Å². The van der Waals surface area contributed by atoms with Gasteiger partial charge in [-0.3, -0.25) is 0 Å². The van der Waals surface area contributed by atoms with Crippen molar-refractivity contribution in [3.05, 3.63) is 83.1 Å². The first kappa shape index (κ1) is 20.4. The van der Waals surface area contributed by atoms with E-state index in [1.54, 1.807) is 18.2 Å². The van der Waals surface area contributed by atoms with Crippen LogP contribution in [0.1, 0.15) is 25.5 Å². The average Bonchev–Trinajstić information content (AvgIpc) is 2.75. The molecular formula is C23H21ClFN3OS. The first-order valence-electron chi connectivity index (χ1n) is 9.50. The molecule has 1 unspecified atom stereocenters. The molecule has 4 nitrogen and oxygen atoms in total. The van der Waals surface area contributed by atoms with Gasteiger partial charge in [0, 0.05) is 10.5 Å². The lowest BCUT2D eigenvalue weighted by molar-refractivity contribution is 0.484. The van der Waals surface area contributed by atoms with E-state index in [2.05, 4.69) is 20.4 Å². The Morgan fingerprint density at radius 3 is 2.53 bits per heavy atom. The molecule has 154 valence electrons. The predicted molar refractivity (Wildman–Crippen MR) is 125 cm³/mol. The Hall–Kier alpha value is -2.83. The van der Waals surface area contributed by atoms with Gasteiger partial charge < -0.3 is 14.8 Å². The van der Waals surface area contributed by atoms with Crippen molar-refractivity contribution in [2.24, 2.45) is 4.99 Å². The van der Waals surface area contributed by atoms with Gasteiger partial charge in [0.15, 0.2) is 5.75 Å². The number of guanidine groups is 1. The highest BCUT2D eigenvalue weighted by Gasteiger charge is 2.22. The number of hydrogen-bond donors (Lipinski definition) is 2. The molecule has 3 aromatic carbocycles. The summed E-state index contributed by atoms with van der Waals surface area (Å²) in [5, 5.41) is 5.93. The lowest BCUT2D eigenvalue weighted by Crippen LogP contribution is -2.32. The van der Waals surface area contributed by atoms with Crippen molar-refractivity contribution >= 4 is 39.3 Å². The monoisotopic (exact) mass is 441 g/mol. The molecule has 7 heteroatoms. The van der Waals surface area contributed by atoms with Gasteiger partial charge in [-0.25, -0.2) is 9.38 Å². The molecule has 1 aliphatic heterocycles. The first-order chi connectivity index (χ1) is 14.6. The zero-order chi connectivity index (χ0) is 21.1. The molecule has 0 fully saturated rings. The number of hydrogen-bond acceptors (Lipinski definition) is 2. The maximum absolute atomic E-state index is 14.2. The van der Waals surface area contributed by atoms with Crippen LogP contribution in [0.15, 0.2) is 76.6 Å². The van der Waals surface area contributed by atoms with Gasteiger partial charge in [0.25, 0.3) is 0 Å². The minimum Gasteiger partial charge on any atom is -0.454 e. The van der Waals surface area contributed by atoms with Crippen molar-refractivity contribution < 1.29 is 9.13 Å². The van der Waals surface area contributed by atoms with Crippen molar-refractivity contribution in [1.29, 1.82) is 0 Å². The maximum Gasteiger partial charge on any atom is 0.206 e. The van der Waals surface area contributed by atoms with Gasteiger partial charge >= 0.3 is 0 Å². The SMILES string of the molecule is C/C=S1\NC(=N[C@H](C)c2ccccc2F)Nc2c(Oc3ccccc3Cl)cccc21. The number of ether oxygens (including phenoxy) is 1. The molecule has 0 radical (unpaired) electrons. The van der Waals surface area contributed by atoms with Crippen LogP contribution in [-0.2, 0) is 0 Å². The molecule has 0 amide bonds. The lowest BCUT2D eigenvalue weighted by atomic mass is 10.1. The fraction of sp³-hybridized carbons (Fsp3) is 0.130. The normalized spacial score (nSPS) is 17.7. The molecule has 2 atom stereocenters. The summed E-state index contributed by atoms with van der Waals surface area (Å²) < 4.78 is 23.7. The zero-order valence-electron chi connectivity index (χ0n) is 16.5. The Morgan fingerprint density at radius 1 is 1.03 bits per heavy atom. The maximum atomic E-state index is 14.2. The lowest BCUT2D eigenvalue weighted by Gasteiger charge is -2.27. The fourth-order valence-electron chi connectivity index (χ4n) is 3.17. The summed E-state index contributed by atoms with van der Waals surface area (Å²) in [6, 6.07) is 19.5. The largest absolute Gasteiger partial charge is 0.454 e. The van der Waals surface area contributed by atoms with E-state index in [-0.39, 0.29) is 22.5 Å². The van der Waals surface area contributed by atoms with Crippen LogP contribution in [0.4, 0.5) is 10.1 Å². The Balaban J connectivity index is 1.70. The third-order valence-electron chi connectivity index (χ3n) is 4.65. The molecule has 0 saturated heterocycles. The van der Waals surface area contributed by atoms with Crippen molar-refractivity contribution in [3.8, 4) is 11.5 Å². The summed E-state index contributed by atoms with van der Waals surface area (Å²) in [6.45, 7) is 3.86. The van der Waals surface area contributed by atoms with Crippen LogP contribution < -0.4 is 14.8 Å². The third kappa shape index (κ3) is 4.20. The molecule has 0 aliphatic carbocycles. The van der Waals surface area contributed by atoms with Crippen LogP contribution in [0.25, 0.3) is 0 Å². The number of anilines is 1. The summed E-state index contributed by atoms with van der Waals surface area (Å²) in [5.74, 6) is 1.52. The molecule has 0 aromatic heterocycles. The molecule has 1 heterocycles. The highest BCUT2D eigenvalue weighted by atomic mass is 35.5. The molecule has 30 heavy (non-hydrogen) atoms. The summed E-state index contributed by atoms with van der Waals surface area (Å²) >= 11 is 6.27. The average molecular weight is 442 g/mol. The second kappa shape index (κ2) is 8.90. The molecule has 3 aromatic rings. The van der Waals surface area contributed by atoms with Crippen LogP contribution >= 0.6 is 22.3 Å².